The second kappa shape index (κ2) is 5.56. The number of ether oxygens (including phenoxy) is 1. The zero-order valence-electron chi connectivity index (χ0n) is 12.5. The largest absolute Gasteiger partial charge is 0.392 e. The van der Waals surface area contributed by atoms with E-state index in [-0.39, 0.29) is 12.6 Å². The number of hydrogen-bond donors (Lipinski definition) is 1. The Morgan fingerprint density at radius 2 is 1.48 bits per heavy atom. The minimum Gasteiger partial charge on any atom is -0.392 e. The molecular weight excluding hydrogens is 268 g/mol. The van der Waals surface area contributed by atoms with Crippen LogP contribution in [0.25, 0.3) is 0 Å². The molecule has 1 saturated carbocycles. The van der Waals surface area contributed by atoms with Gasteiger partial charge in [0.1, 0.15) is 10.8 Å². The molecule has 1 heterocycles. The zero-order valence-corrected chi connectivity index (χ0v) is 12.5. The summed E-state index contributed by atoms with van der Waals surface area (Å²) in [7, 11) is 0. The maximum absolute atomic E-state index is 12.4. The molecule has 4 heteroatoms. The first-order chi connectivity index (χ1) is 10.2. The molecule has 2 aliphatic carbocycles. The summed E-state index contributed by atoms with van der Waals surface area (Å²) in [5.74, 6) is -0.808. The highest BCUT2D eigenvalue weighted by atomic mass is 16.6. The molecule has 0 amide bonds. The summed E-state index contributed by atoms with van der Waals surface area (Å²) < 4.78 is 5.02. The van der Waals surface area contributed by atoms with Gasteiger partial charge in [-0.05, 0) is 18.4 Å². The van der Waals surface area contributed by atoms with Crippen LogP contribution in [0.5, 0.6) is 0 Å². The maximum atomic E-state index is 12.4. The van der Waals surface area contributed by atoms with E-state index in [2.05, 4.69) is 0 Å². The summed E-state index contributed by atoms with van der Waals surface area (Å²) in [6.45, 7) is -0.149. The third-order valence-corrected chi connectivity index (χ3v) is 5.67. The van der Waals surface area contributed by atoms with Gasteiger partial charge in [0.2, 0.25) is 0 Å². The van der Waals surface area contributed by atoms with E-state index in [9.17, 15) is 14.7 Å². The van der Waals surface area contributed by atoms with E-state index in [1.807, 2.05) is 6.08 Å². The van der Waals surface area contributed by atoms with Gasteiger partial charge in [0.05, 0.1) is 6.61 Å². The minimum absolute atomic E-state index is 0.149. The first-order valence-corrected chi connectivity index (χ1v) is 8.27. The minimum atomic E-state index is -0.849. The molecule has 1 saturated heterocycles. The Morgan fingerprint density at radius 3 is 2.10 bits per heavy atom. The standard InChI is InChI=1S/C17H24O4/c18-12-13-11-16-9-7-5-3-1-2-4-6-8-10-17(13,16)15(20)21-14(16)19/h11,18H,1-10,12H2/t16-,17+/m1/s1. The van der Waals surface area contributed by atoms with Crippen molar-refractivity contribution in [3.8, 4) is 0 Å². The van der Waals surface area contributed by atoms with Crippen LogP contribution >= 0.6 is 0 Å². The second-order valence-electron chi connectivity index (χ2n) is 6.71. The van der Waals surface area contributed by atoms with E-state index in [4.69, 9.17) is 4.74 Å². The van der Waals surface area contributed by atoms with Crippen molar-refractivity contribution in [3.05, 3.63) is 11.6 Å². The van der Waals surface area contributed by atoms with Crippen molar-refractivity contribution in [2.75, 3.05) is 6.61 Å². The average Bonchev–Trinajstić information content (AvgIpc) is 2.59. The third kappa shape index (κ3) is 1.99. The Morgan fingerprint density at radius 1 is 0.905 bits per heavy atom. The molecule has 3 aliphatic rings. The molecule has 0 radical (unpaired) electrons. The summed E-state index contributed by atoms with van der Waals surface area (Å²) in [6, 6.07) is 0. The van der Waals surface area contributed by atoms with Crippen molar-refractivity contribution < 1.29 is 19.4 Å². The van der Waals surface area contributed by atoms with Gasteiger partial charge in [0, 0.05) is 0 Å². The van der Waals surface area contributed by atoms with Crippen LogP contribution in [-0.4, -0.2) is 23.7 Å². The van der Waals surface area contributed by atoms with E-state index in [0.717, 1.165) is 25.7 Å². The predicted octanol–water partition coefficient (Wildman–Crippen LogP) is 2.89. The Bertz CT molecular complexity index is 481. The van der Waals surface area contributed by atoms with Crippen LogP contribution in [0, 0.1) is 10.8 Å². The molecule has 0 bridgehead atoms. The monoisotopic (exact) mass is 292 g/mol. The molecule has 0 spiro atoms. The van der Waals surface area contributed by atoms with Gasteiger partial charge in [-0.25, -0.2) is 0 Å². The normalized spacial score (nSPS) is 37.3. The summed E-state index contributed by atoms with van der Waals surface area (Å²) in [4.78, 5) is 24.7. The fourth-order valence-electron chi connectivity index (χ4n) is 4.47. The average molecular weight is 292 g/mol. The Kier molecular flexibility index (Phi) is 3.91. The van der Waals surface area contributed by atoms with Crippen LogP contribution < -0.4 is 0 Å². The fraction of sp³-hybridized carbons (Fsp3) is 0.765. The van der Waals surface area contributed by atoms with Gasteiger partial charge in [-0.1, -0.05) is 57.4 Å². The third-order valence-electron chi connectivity index (χ3n) is 5.67. The molecule has 1 N–H and O–H groups in total. The van der Waals surface area contributed by atoms with Crippen LogP contribution in [0.4, 0.5) is 0 Å². The molecule has 0 aromatic rings. The van der Waals surface area contributed by atoms with Crippen molar-refractivity contribution in [1.82, 2.24) is 0 Å². The smallest absolute Gasteiger partial charge is 0.325 e. The zero-order chi connectivity index (χ0) is 14.9. The molecule has 4 nitrogen and oxygen atoms in total. The van der Waals surface area contributed by atoms with Crippen LogP contribution in [0.2, 0.25) is 0 Å². The molecule has 116 valence electrons. The topological polar surface area (TPSA) is 63.6 Å². The van der Waals surface area contributed by atoms with E-state index in [1.54, 1.807) is 0 Å². The van der Waals surface area contributed by atoms with Gasteiger partial charge < -0.3 is 9.84 Å². The highest BCUT2D eigenvalue weighted by molar-refractivity contribution is 6.07. The number of cyclic esters (lactones) is 2. The molecular formula is C17H24O4. The van der Waals surface area contributed by atoms with Crippen LogP contribution in [0.3, 0.4) is 0 Å². The van der Waals surface area contributed by atoms with Gasteiger partial charge in [-0.2, -0.15) is 0 Å². The van der Waals surface area contributed by atoms with Gasteiger partial charge in [0.15, 0.2) is 0 Å². The second-order valence-corrected chi connectivity index (χ2v) is 6.71. The quantitative estimate of drug-likeness (QED) is 0.458. The molecule has 21 heavy (non-hydrogen) atoms. The summed E-state index contributed by atoms with van der Waals surface area (Å²) in [6.07, 6.45) is 12.1. The number of aliphatic hydroxyl groups excluding tert-OH is 1. The Hall–Kier alpha value is -1.16. The molecule has 1 aliphatic heterocycles. The van der Waals surface area contributed by atoms with Crippen molar-refractivity contribution in [2.24, 2.45) is 10.8 Å². The van der Waals surface area contributed by atoms with Crippen LogP contribution in [0.15, 0.2) is 11.6 Å². The lowest BCUT2D eigenvalue weighted by Crippen LogP contribution is -2.53. The number of esters is 2. The fourth-order valence-corrected chi connectivity index (χ4v) is 4.47. The first-order valence-electron chi connectivity index (χ1n) is 8.27. The highest BCUT2D eigenvalue weighted by Gasteiger charge is 2.73. The van der Waals surface area contributed by atoms with E-state index >= 15 is 0 Å². The lowest BCUT2D eigenvalue weighted by atomic mass is 9.49. The van der Waals surface area contributed by atoms with E-state index in [1.165, 1.54) is 25.7 Å². The van der Waals surface area contributed by atoms with Crippen molar-refractivity contribution in [1.29, 1.82) is 0 Å². The first kappa shape index (κ1) is 14.8. The number of carbonyl (C=O) groups excluding carboxylic acids is 2. The maximum Gasteiger partial charge on any atom is 0.325 e. The predicted molar refractivity (Wildman–Crippen MR) is 77.3 cm³/mol. The van der Waals surface area contributed by atoms with Crippen LogP contribution in [0.1, 0.15) is 64.2 Å². The number of hydrogen-bond acceptors (Lipinski definition) is 4. The Labute approximate surface area is 125 Å². The van der Waals surface area contributed by atoms with Gasteiger partial charge in [0.25, 0.3) is 0 Å². The number of rotatable bonds is 1. The Balaban J connectivity index is 1.92. The number of carbonyl (C=O) groups is 2. The van der Waals surface area contributed by atoms with Crippen molar-refractivity contribution >= 4 is 11.9 Å². The molecule has 0 aromatic carbocycles. The molecule has 0 aromatic heterocycles. The highest BCUT2D eigenvalue weighted by Crippen LogP contribution is 2.65. The van der Waals surface area contributed by atoms with Gasteiger partial charge in [-0.15, -0.1) is 0 Å². The number of aliphatic hydroxyl groups is 1. The summed E-state index contributed by atoms with van der Waals surface area (Å²) >= 11 is 0. The molecule has 3 rings (SSSR count). The lowest BCUT2D eigenvalue weighted by Gasteiger charge is -2.48. The SMILES string of the molecule is O=C1OC(=O)[C@@]23C=C(CO)[C@@]12CCCCCCCCCC3. The lowest BCUT2D eigenvalue weighted by molar-refractivity contribution is -0.155. The molecule has 2 fully saturated rings. The summed E-state index contributed by atoms with van der Waals surface area (Å²) in [5, 5.41) is 9.57. The van der Waals surface area contributed by atoms with Crippen molar-refractivity contribution in [3.63, 3.8) is 0 Å². The van der Waals surface area contributed by atoms with Gasteiger partial charge >= 0.3 is 11.9 Å². The van der Waals surface area contributed by atoms with Crippen molar-refractivity contribution in [2.45, 2.75) is 64.2 Å². The van der Waals surface area contributed by atoms with Crippen LogP contribution in [-0.2, 0) is 14.3 Å². The van der Waals surface area contributed by atoms with Gasteiger partial charge in [-0.3, -0.25) is 9.59 Å². The van der Waals surface area contributed by atoms with E-state index in [0.29, 0.717) is 18.4 Å². The molecule has 0 unspecified atom stereocenters. The van der Waals surface area contributed by atoms with E-state index < -0.39 is 16.8 Å². The molecule has 2 atom stereocenters. The summed E-state index contributed by atoms with van der Waals surface area (Å²) in [5.41, 5.74) is -0.922.